The van der Waals surface area contributed by atoms with Crippen molar-refractivity contribution in [1.29, 1.82) is 0 Å². The molecule has 0 spiro atoms. The summed E-state index contributed by atoms with van der Waals surface area (Å²) in [5.74, 6) is -2.77. The fourth-order valence-electron chi connectivity index (χ4n) is 4.35. The van der Waals surface area contributed by atoms with E-state index >= 15 is 0 Å². The number of benzene rings is 3. The summed E-state index contributed by atoms with van der Waals surface area (Å²) in [4.78, 5) is 27.9. The Balaban J connectivity index is 1.67. The Morgan fingerprint density at radius 3 is 2.50 bits per heavy atom. The largest absolute Gasteiger partial charge is 0.503 e. The quantitative estimate of drug-likeness (QED) is 0.294. The number of alkyl halides is 3. The van der Waals surface area contributed by atoms with Gasteiger partial charge >= 0.3 is 6.18 Å². The number of halogens is 4. The lowest BCUT2D eigenvalue weighted by molar-refractivity contribution is -0.137. The summed E-state index contributed by atoms with van der Waals surface area (Å²) in [6.07, 6.45) is -4.65. The summed E-state index contributed by atoms with van der Waals surface area (Å²) >= 11 is 6.02. The van der Waals surface area contributed by atoms with E-state index in [1.54, 1.807) is 49.4 Å². The summed E-state index contributed by atoms with van der Waals surface area (Å²) in [6.45, 7) is 1.79. The van der Waals surface area contributed by atoms with Gasteiger partial charge in [0.25, 0.3) is 5.91 Å². The Morgan fingerprint density at radius 2 is 1.78 bits per heavy atom. The number of fused-ring (bicyclic) bond motifs is 1. The molecule has 1 unspecified atom stereocenters. The molecule has 0 radical (unpaired) electrons. The van der Waals surface area contributed by atoms with Gasteiger partial charge in [-0.1, -0.05) is 47.5 Å². The van der Waals surface area contributed by atoms with Crippen LogP contribution in [0.25, 0.3) is 11.0 Å². The number of carbonyl (C=O) groups excluding carboxylic acids is 2. The minimum atomic E-state index is -4.65. The fourth-order valence-corrected chi connectivity index (χ4v) is 4.53. The Bertz CT molecular complexity index is 1570. The normalized spacial score (nSPS) is 16.3. The van der Waals surface area contributed by atoms with Crippen LogP contribution in [0.5, 0.6) is 0 Å². The molecular formula is C27H17ClF3NO4. The number of Topliss-reactive ketones (excluding diaryl/α,β-unsaturated/α-hetero) is 1. The molecular weight excluding hydrogens is 495 g/mol. The van der Waals surface area contributed by atoms with E-state index in [0.29, 0.717) is 21.6 Å². The van der Waals surface area contributed by atoms with Crippen LogP contribution in [0.15, 0.2) is 88.5 Å². The number of hydrogen-bond acceptors (Lipinski definition) is 4. The minimum Gasteiger partial charge on any atom is -0.503 e. The van der Waals surface area contributed by atoms with Gasteiger partial charge in [-0.05, 0) is 55.0 Å². The lowest BCUT2D eigenvalue weighted by atomic mass is 9.93. The van der Waals surface area contributed by atoms with Crippen molar-refractivity contribution in [3.05, 3.63) is 112 Å². The van der Waals surface area contributed by atoms with Crippen molar-refractivity contribution in [3.8, 4) is 0 Å². The van der Waals surface area contributed by atoms with Crippen LogP contribution in [-0.2, 0) is 11.0 Å². The van der Waals surface area contributed by atoms with Gasteiger partial charge in [-0.15, -0.1) is 0 Å². The Morgan fingerprint density at radius 1 is 1.03 bits per heavy atom. The zero-order valence-corrected chi connectivity index (χ0v) is 19.4. The highest BCUT2D eigenvalue weighted by molar-refractivity contribution is 6.31. The summed E-state index contributed by atoms with van der Waals surface area (Å²) in [5, 5.41) is 11.8. The van der Waals surface area contributed by atoms with Gasteiger partial charge in [0.15, 0.2) is 11.5 Å². The highest BCUT2D eigenvalue weighted by atomic mass is 35.5. The predicted octanol–water partition coefficient (Wildman–Crippen LogP) is 7.20. The number of hydrogen-bond donors (Lipinski definition) is 1. The molecule has 182 valence electrons. The van der Waals surface area contributed by atoms with E-state index < -0.39 is 35.2 Å². The summed E-state index contributed by atoms with van der Waals surface area (Å²) in [5.41, 5.74) is 0.214. The second kappa shape index (κ2) is 8.57. The second-order valence-corrected chi connectivity index (χ2v) is 8.86. The number of furan rings is 1. The number of ketones is 1. The monoisotopic (exact) mass is 511 g/mol. The zero-order valence-electron chi connectivity index (χ0n) is 18.6. The van der Waals surface area contributed by atoms with Crippen LogP contribution in [0.2, 0.25) is 5.02 Å². The van der Waals surface area contributed by atoms with Crippen LogP contribution in [-0.4, -0.2) is 16.8 Å². The second-order valence-electron chi connectivity index (χ2n) is 8.42. The maximum Gasteiger partial charge on any atom is 0.416 e. The predicted molar refractivity (Wildman–Crippen MR) is 128 cm³/mol. The molecule has 0 fully saturated rings. The maximum atomic E-state index is 13.6. The molecule has 3 aromatic carbocycles. The van der Waals surface area contributed by atoms with Gasteiger partial charge in [0.2, 0.25) is 5.78 Å². The third-order valence-electron chi connectivity index (χ3n) is 5.96. The van der Waals surface area contributed by atoms with Crippen LogP contribution < -0.4 is 4.90 Å². The Kier molecular flexibility index (Phi) is 5.64. The van der Waals surface area contributed by atoms with Crippen LogP contribution in [0, 0.1) is 6.92 Å². The first kappa shape index (κ1) is 23.7. The van der Waals surface area contributed by atoms with Gasteiger partial charge in [0, 0.05) is 16.1 Å². The summed E-state index contributed by atoms with van der Waals surface area (Å²) in [7, 11) is 0. The number of carbonyl (C=O) groups is 2. The molecule has 0 bridgehead atoms. The molecule has 5 rings (SSSR count). The summed E-state index contributed by atoms with van der Waals surface area (Å²) < 4.78 is 45.9. The number of amides is 1. The van der Waals surface area contributed by atoms with Crippen LogP contribution in [0.1, 0.15) is 33.3 Å². The van der Waals surface area contributed by atoms with Crippen molar-refractivity contribution < 1.29 is 32.3 Å². The molecule has 36 heavy (non-hydrogen) atoms. The fraction of sp³-hybridized carbons (Fsp3) is 0.111. The van der Waals surface area contributed by atoms with Crippen molar-refractivity contribution in [2.75, 3.05) is 4.90 Å². The molecule has 1 aromatic heterocycles. The molecule has 1 aliphatic rings. The first-order valence-corrected chi connectivity index (χ1v) is 11.2. The maximum absolute atomic E-state index is 13.6. The molecule has 1 aliphatic heterocycles. The van der Waals surface area contributed by atoms with Crippen molar-refractivity contribution in [3.63, 3.8) is 0 Å². The van der Waals surface area contributed by atoms with Crippen molar-refractivity contribution in [2.45, 2.75) is 19.1 Å². The lowest BCUT2D eigenvalue weighted by Crippen LogP contribution is -2.31. The number of rotatable bonds is 4. The standard InChI is InChI=1S/C27H17ClF3NO4/c1-14-4-2-5-15(10-14)23-22(24(33)21-12-16-11-18(28)8-9-20(16)36-21)25(34)26(35)32(23)19-7-3-6-17(13-19)27(29,30)31/h2-13,23,34H,1H3. The van der Waals surface area contributed by atoms with Gasteiger partial charge in [0.05, 0.1) is 17.2 Å². The average Bonchev–Trinajstić information content (AvgIpc) is 3.36. The van der Waals surface area contributed by atoms with Gasteiger partial charge in [0.1, 0.15) is 5.58 Å². The Hall–Kier alpha value is -4.04. The smallest absolute Gasteiger partial charge is 0.416 e. The van der Waals surface area contributed by atoms with E-state index in [4.69, 9.17) is 16.0 Å². The van der Waals surface area contributed by atoms with E-state index in [0.717, 1.165) is 22.6 Å². The molecule has 0 saturated carbocycles. The average molecular weight is 512 g/mol. The molecule has 5 nitrogen and oxygen atoms in total. The van der Waals surface area contributed by atoms with Crippen LogP contribution >= 0.6 is 11.6 Å². The van der Waals surface area contributed by atoms with Crippen LogP contribution in [0.3, 0.4) is 0 Å². The molecule has 0 aliphatic carbocycles. The van der Waals surface area contributed by atoms with E-state index in [2.05, 4.69) is 0 Å². The van der Waals surface area contributed by atoms with Crippen molar-refractivity contribution in [1.82, 2.24) is 0 Å². The highest BCUT2D eigenvalue weighted by Gasteiger charge is 2.46. The molecule has 9 heteroatoms. The zero-order chi connectivity index (χ0) is 25.8. The van der Waals surface area contributed by atoms with Gasteiger partial charge < -0.3 is 9.52 Å². The minimum absolute atomic E-state index is 0.118. The number of aryl methyl sites for hydroxylation is 1. The highest BCUT2D eigenvalue weighted by Crippen LogP contribution is 2.43. The van der Waals surface area contributed by atoms with E-state index in [-0.39, 0.29) is 17.0 Å². The van der Waals surface area contributed by atoms with E-state index in [1.807, 2.05) is 0 Å². The summed E-state index contributed by atoms with van der Waals surface area (Å²) in [6, 6.07) is 16.0. The number of anilines is 1. The van der Waals surface area contributed by atoms with Gasteiger partial charge in [-0.25, -0.2) is 0 Å². The first-order valence-electron chi connectivity index (χ1n) is 10.8. The topological polar surface area (TPSA) is 70.7 Å². The number of aliphatic hydroxyl groups is 1. The van der Waals surface area contributed by atoms with Crippen molar-refractivity contribution in [2.24, 2.45) is 0 Å². The number of aliphatic hydroxyl groups excluding tert-OH is 1. The van der Waals surface area contributed by atoms with Gasteiger partial charge in [-0.2, -0.15) is 13.2 Å². The SMILES string of the molecule is Cc1cccc(C2C(C(=O)c3cc4cc(Cl)ccc4o3)=C(O)C(=O)N2c2cccc(C(F)(F)F)c2)c1. The van der Waals surface area contributed by atoms with Crippen molar-refractivity contribution >= 4 is 39.9 Å². The van der Waals surface area contributed by atoms with Crippen LogP contribution in [0.4, 0.5) is 18.9 Å². The molecule has 1 N–H and O–H groups in total. The molecule has 0 saturated heterocycles. The third-order valence-corrected chi connectivity index (χ3v) is 6.20. The molecule has 2 heterocycles. The number of nitrogens with zero attached hydrogens (tertiary/aromatic N) is 1. The molecule has 1 amide bonds. The molecule has 4 aromatic rings. The van der Waals surface area contributed by atoms with E-state index in [9.17, 15) is 27.9 Å². The van der Waals surface area contributed by atoms with E-state index in [1.165, 1.54) is 18.2 Å². The lowest BCUT2D eigenvalue weighted by Gasteiger charge is -2.27. The molecule has 1 atom stereocenters. The third kappa shape index (κ3) is 4.03. The van der Waals surface area contributed by atoms with Gasteiger partial charge in [-0.3, -0.25) is 14.5 Å². The Labute approximate surface area is 208 Å². The first-order chi connectivity index (χ1) is 17.0.